The van der Waals surface area contributed by atoms with Gasteiger partial charge < -0.3 is 9.79 Å². The third-order valence-electron chi connectivity index (χ3n) is 4.00. The Kier molecular flexibility index (Phi) is 5.24. The van der Waals surface area contributed by atoms with E-state index in [1.807, 2.05) is 65.8 Å². The fraction of sp³-hybridized carbons (Fsp3) is 0.105. The van der Waals surface area contributed by atoms with Crippen LogP contribution in [0.15, 0.2) is 73.3 Å². The molecule has 3 rings (SSSR count). The molecule has 0 saturated heterocycles. The van der Waals surface area contributed by atoms with E-state index in [0.29, 0.717) is 5.56 Å². The van der Waals surface area contributed by atoms with Crippen LogP contribution in [0.5, 0.6) is 0 Å². The van der Waals surface area contributed by atoms with Crippen LogP contribution in [0, 0.1) is 11.3 Å². The second kappa shape index (κ2) is 7.59. The number of aryl methyl sites for hydroxylation is 1. The lowest BCUT2D eigenvalue weighted by atomic mass is 10.1. The maximum atomic E-state index is 10.9. The molecule has 2 N–H and O–H groups in total. The molecule has 0 atom stereocenters. The van der Waals surface area contributed by atoms with Crippen LogP contribution in [-0.2, 0) is 11.1 Å². The number of pyridine rings is 2. The van der Waals surface area contributed by atoms with Gasteiger partial charge in [-0.2, -0.15) is 9.83 Å². The van der Waals surface area contributed by atoms with Gasteiger partial charge in [-0.3, -0.25) is 4.57 Å². The van der Waals surface area contributed by atoms with Gasteiger partial charge in [-0.1, -0.05) is 0 Å². The second-order valence-corrected chi connectivity index (χ2v) is 7.64. The SMILES string of the molecule is N#Cc1ccc(-[n+]2ccc(-c3cc[n+](CCP(=O)(O)O)cc3)cc2)cc1. The lowest BCUT2D eigenvalue weighted by molar-refractivity contribution is -0.692. The lowest BCUT2D eigenvalue weighted by Crippen LogP contribution is -2.34. The predicted molar refractivity (Wildman–Crippen MR) is 95.2 cm³/mol. The van der Waals surface area contributed by atoms with E-state index in [1.54, 1.807) is 16.7 Å². The molecule has 0 amide bonds. The van der Waals surface area contributed by atoms with Crippen LogP contribution in [0.25, 0.3) is 16.8 Å². The normalized spacial score (nSPS) is 11.1. The quantitative estimate of drug-likeness (QED) is 0.533. The summed E-state index contributed by atoms with van der Waals surface area (Å²) in [6.07, 6.45) is 7.35. The van der Waals surface area contributed by atoms with E-state index >= 15 is 0 Å². The van der Waals surface area contributed by atoms with Crippen molar-refractivity contribution in [1.29, 1.82) is 5.26 Å². The number of nitrogens with zero attached hydrogens (tertiary/aromatic N) is 3. The van der Waals surface area contributed by atoms with Gasteiger partial charge in [-0.15, -0.1) is 0 Å². The maximum absolute atomic E-state index is 10.9. The van der Waals surface area contributed by atoms with Gasteiger partial charge in [-0.05, 0) is 23.3 Å². The summed E-state index contributed by atoms with van der Waals surface area (Å²) in [6, 6.07) is 17.3. The van der Waals surface area contributed by atoms with Crippen molar-refractivity contribution in [1.82, 2.24) is 0 Å². The Morgan fingerprint density at radius 2 is 1.42 bits per heavy atom. The molecule has 0 spiro atoms. The molecule has 0 bridgehead atoms. The zero-order valence-electron chi connectivity index (χ0n) is 13.9. The van der Waals surface area contributed by atoms with Crippen molar-refractivity contribution >= 4 is 7.60 Å². The average molecular weight is 367 g/mol. The van der Waals surface area contributed by atoms with E-state index in [0.717, 1.165) is 16.8 Å². The van der Waals surface area contributed by atoms with E-state index in [9.17, 15) is 4.57 Å². The molecule has 0 aliphatic heterocycles. The molecule has 26 heavy (non-hydrogen) atoms. The first-order valence-electron chi connectivity index (χ1n) is 8.00. The van der Waals surface area contributed by atoms with Crippen molar-refractivity contribution in [2.75, 3.05) is 6.16 Å². The first kappa shape index (κ1) is 18.0. The first-order valence-corrected chi connectivity index (χ1v) is 9.80. The van der Waals surface area contributed by atoms with Gasteiger partial charge in [0.2, 0.25) is 5.69 Å². The average Bonchev–Trinajstić information content (AvgIpc) is 2.66. The topological polar surface area (TPSA) is 89.1 Å². The third kappa shape index (κ3) is 4.62. The Morgan fingerprint density at radius 1 is 0.885 bits per heavy atom. The number of aromatic nitrogens is 2. The zero-order valence-corrected chi connectivity index (χ0v) is 14.8. The number of rotatable bonds is 5. The molecule has 2 heterocycles. The summed E-state index contributed by atoms with van der Waals surface area (Å²) in [4.78, 5) is 17.9. The Hall–Kier alpha value is -2.84. The Labute approximate surface area is 151 Å². The van der Waals surface area contributed by atoms with Crippen molar-refractivity contribution in [2.45, 2.75) is 6.54 Å². The van der Waals surface area contributed by atoms with Gasteiger partial charge in [-0.25, -0.2) is 4.57 Å². The summed E-state index contributed by atoms with van der Waals surface area (Å²) in [5.74, 6) is 0. The fourth-order valence-electron chi connectivity index (χ4n) is 2.54. The first-order chi connectivity index (χ1) is 12.4. The van der Waals surface area contributed by atoms with E-state index in [2.05, 4.69) is 6.07 Å². The molecule has 130 valence electrons. The number of hydrogen-bond donors (Lipinski definition) is 2. The summed E-state index contributed by atoms with van der Waals surface area (Å²) in [7, 11) is -3.98. The van der Waals surface area contributed by atoms with E-state index in [4.69, 9.17) is 15.0 Å². The van der Waals surface area contributed by atoms with Gasteiger partial charge >= 0.3 is 7.60 Å². The van der Waals surface area contributed by atoms with Gasteiger partial charge in [0.15, 0.2) is 31.3 Å². The van der Waals surface area contributed by atoms with Crippen molar-refractivity contribution in [3.05, 3.63) is 78.9 Å². The monoisotopic (exact) mass is 367 g/mol. The fourth-order valence-corrected chi connectivity index (χ4v) is 3.04. The lowest BCUT2D eigenvalue weighted by Gasteiger charge is -2.03. The Morgan fingerprint density at radius 3 is 1.92 bits per heavy atom. The molecule has 0 aliphatic rings. The van der Waals surface area contributed by atoms with Crippen molar-refractivity contribution in [3.63, 3.8) is 0 Å². The number of hydrogen-bond acceptors (Lipinski definition) is 2. The van der Waals surface area contributed by atoms with Gasteiger partial charge in [0, 0.05) is 36.4 Å². The van der Waals surface area contributed by atoms with Gasteiger partial charge in [0.1, 0.15) is 6.16 Å². The van der Waals surface area contributed by atoms with Gasteiger partial charge in [0.25, 0.3) is 0 Å². The highest BCUT2D eigenvalue weighted by molar-refractivity contribution is 7.51. The molecule has 6 nitrogen and oxygen atoms in total. The minimum Gasteiger partial charge on any atom is -0.324 e. The summed E-state index contributed by atoms with van der Waals surface area (Å²) in [5.41, 5.74) is 3.66. The Bertz CT molecular complexity index is 973. The summed E-state index contributed by atoms with van der Waals surface area (Å²) < 4.78 is 14.7. The molecular weight excluding hydrogens is 349 g/mol. The minimum atomic E-state index is -3.98. The number of nitriles is 1. The smallest absolute Gasteiger partial charge is 0.324 e. The Balaban J connectivity index is 1.73. The molecule has 0 fully saturated rings. The van der Waals surface area contributed by atoms with Crippen LogP contribution in [-0.4, -0.2) is 15.9 Å². The molecule has 1 aromatic carbocycles. The van der Waals surface area contributed by atoms with E-state index < -0.39 is 7.60 Å². The zero-order chi connectivity index (χ0) is 18.6. The van der Waals surface area contributed by atoms with Crippen molar-refractivity contribution in [3.8, 4) is 22.9 Å². The van der Waals surface area contributed by atoms with Crippen LogP contribution in [0.4, 0.5) is 0 Å². The second-order valence-electron chi connectivity index (χ2n) is 5.87. The molecule has 0 radical (unpaired) electrons. The highest BCUT2D eigenvalue weighted by Gasteiger charge is 2.16. The van der Waals surface area contributed by atoms with Crippen LogP contribution >= 0.6 is 7.60 Å². The standard InChI is InChI=1S/C19H16N3O3P/c20-15-16-1-3-19(4-2-16)22-11-7-18(8-12-22)17-5-9-21(10-6-17)13-14-26(23,24)25/h1-12H,13-14H2/p+2. The van der Waals surface area contributed by atoms with E-state index in [1.165, 1.54) is 0 Å². The molecular formula is C19H18N3O3P+2. The summed E-state index contributed by atoms with van der Waals surface area (Å²) >= 11 is 0. The van der Waals surface area contributed by atoms with Crippen molar-refractivity contribution in [2.24, 2.45) is 0 Å². The van der Waals surface area contributed by atoms with Gasteiger partial charge in [0.05, 0.1) is 11.6 Å². The number of benzene rings is 1. The molecule has 2 aromatic heterocycles. The third-order valence-corrected chi connectivity index (χ3v) is 4.78. The van der Waals surface area contributed by atoms with Crippen LogP contribution in [0.2, 0.25) is 0 Å². The molecule has 0 aliphatic carbocycles. The van der Waals surface area contributed by atoms with Crippen LogP contribution < -0.4 is 9.13 Å². The molecule has 0 saturated carbocycles. The molecule has 3 aromatic rings. The van der Waals surface area contributed by atoms with Crippen LogP contribution in [0.1, 0.15) is 5.56 Å². The highest BCUT2D eigenvalue weighted by atomic mass is 31.2. The summed E-state index contributed by atoms with van der Waals surface area (Å²) in [6.45, 7) is 0.276. The largest absolute Gasteiger partial charge is 0.331 e. The van der Waals surface area contributed by atoms with E-state index in [-0.39, 0.29) is 12.7 Å². The maximum Gasteiger partial charge on any atom is 0.331 e. The molecule has 7 heteroatoms. The minimum absolute atomic E-state index is 0.174. The predicted octanol–water partition coefficient (Wildman–Crippen LogP) is 1.97. The van der Waals surface area contributed by atoms with Crippen LogP contribution in [0.3, 0.4) is 0 Å². The highest BCUT2D eigenvalue weighted by Crippen LogP contribution is 2.33. The molecule has 0 unspecified atom stereocenters. The summed E-state index contributed by atoms with van der Waals surface area (Å²) in [5, 5.41) is 8.86. The van der Waals surface area contributed by atoms with Crippen molar-refractivity contribution < 1.29 is 23.5 Å².